The Balaban J connectivity index is 2.04. The van der Waals surface area contributed by atoms with Crippen molar-refractivity contribution in [3.8, 4) is 0 Å². The number of anilines is 3. The minimum absolute atomic E-state index is 0.122. The zero-order chi connectivity index (χ0) is 11.5. The first-order valence-electron chi connectivity index (χ1n) is 4.68. The molecule has 2 rings (SSSR count). The molecule has 2 aromatic rings. The van der Waals surface area contributed by atoms with Gasteiger partial charge in [0, 0.05) is 11.4 Å². The summed E-state index contributed by atoms with van der Waals surface area (Å²) < 4.78 is 0. The summed E-state index contributed by atoms with van der Waals surface area (Å²) in [7, 11) is 0. The Morgan fingerprint density at radius 3 is 2.50 bits per heavy atom. The van der Waals surface area contributed by atoms with E-state index in [1.165, 1.54) is 10.4 Å². The molecule has 16 heavy (non-hydrogen) atoms. The summed E-state index contributed by atoms with van der Waals surface area (Å²) in [6.45, 7) is 2.71. The van der Waals surface area contributed by atoms with Crippen molar-refractivity contribution in [3.63, 3.8) is 0 Å². The average Bonchev–Trinajstić information content (AvgIpc) is 2.60. The zero-order valence-corrected chi connectivity index (χ0v) is 9.58. The third-order valence-corrected chi connectivity index (χ3v) is 2.82. The van der Waals surface area contributed by atoms with E-state index in [2.05, 4.69) is 38.6 Å². The molecule has 0 saturated carbocycles. The third-order valence-electron chi connectivity index (χ3n) is 1.91. The molecule has 0 unspecified atom stereocenters. The molecule has 0 atom stereocenters. The molecule has 84 valence electrons. The normalized spacial score (nSPS) is 10.3. The number of aromatic nitrogens is 3. The summed E-state index contributed by atoms with van der Waals surface area (Å²) in [6.07, 6.45) is 0. The summed E-state index contributed by atoms with van der Waals surface area (Å²) in [5, 5.41) is 5.12. The van der Waals surface area contributed by atoms with E-state index in [-0.39, 0.29) is 11.9 Å². The van der Waals surface area contributed by atoms with Crippen molar-refractivity contribution in [2.75, 3.05) is 16.8 Å². The van der Waals surface area contributed by atoms with Gasteiger partial charge in [-0.3, -0.25) is 0 Å². The van der Waals surface area contributed by atoms with E-state index in [4.69, 9.17) is 11.5 Å². The van der Waals surface area contributed by atoms with E-state index in [1.807, 2.05) is 0 Å². The lowest BCUT2D eigenvalue weighted by atomic mass is 10.3. The van der Waals surface area contributed by atoms with Crippen LogP contribution in [0.2, 0.25) is 0 Å². The molecule has 0 aliphatic heterocycles. The highest BCUT2D eigenvalue weighted by Crippen LogP contribution is 2.14. The van der Waals surface area contributed by atoms with Crippen LogP contribution in [-0.2, 0) is 6.54 Å². The predicted octanol–water partition coefficient (Wildman–Crippen LogP) is 1.02. The largest absolute Gasteiger partial charge is 0.368 e. The number of nitrogen functional groups attached to an aromatic ring is 2. The van der Waals surface area contributed by atoms with Crippen molar-refractivity contribution in [1.82, 2.24) is 15.0 Å². The molecule has 7 heteroatoms. The molecule has 0 radical (unpaired) electrons. The molecule has 0 fully saturated rings. The zero-order valence-electron chi connectivity index (χ0n) is 8.77. The van der Waals surface area contributed by atoms with Crippen LogP contribution >= 0.6 is 11.3 Å². The van der Waals surface area contributed by atoms with Crippen molar-refractivity contribution in [3.05, 3.63) is 21.9 Å². The highest BCUT2D eigenvalue weighted by Gasteiger charge is 2.02. The van der Waals surface area contributed by atoms with Gasteiger partial charge < -0.3 is 16.8 Å². The van der Waals surface area contributed by atoms with Crippen LogP contribution in [0, 0.1) is 6.92 Å². The lowest BCUT2D eigenvalue weighted by Crippen LogP contribution is -2.08. The van der Waals surface area contributed by atoms with E-state index in [0.29, 0.717) is 12.5 Å². The number of nitrogens with one attached hydrogen (secondary N) is 1. The molecule has 5 N–H and O–H groups in total. The van der Waals surface area contributed by atoms with Gasteiger partial charge in [-0.05, 0) is 23.9 Å². The Labute approximate surface area is 96.7 Å². The third kappa shape index (κ3) is 2.57. The molecule has 2 aromatic heterocycles. The van der Waals surface area contributed by atoms with Crippen LogP contribution in [-0.4, -0.2) is 15.0 Å². The number of nitrogens with two attached hydrogens (primary N) is 2. The summed E-state index contributed by atoms with van der Waals surface area (Å²) in [5.41, 5.74) is 12.1. The molecule has 0 aliphatic carbocycles. The van der Waals surface area contributed by atoms with Gasteiger partial charge in [-0.15, -0.1) is 11.3 Å². The van der Waals surface area contributed by atoms with Gasteiger partial charge >= 0.3 is 0 Å². The van der Waals surface area contributed by atoms with Crippen LogP contribution in [0.4, 0.5) is 17.8 Å². The maximum Gasteiger partial charge on any atom is 0.229 e. The Morgan fingerprint density at radius 1 is 1.25 bits per heavy atom. The Kier molecular flexibility index (Phi) is 2.86. The number of nitrogens with zero attached hydrogens (tertiary/aromatic N) is 3. The minimum atomic E-state index is 0.122. The van der Waals surface area contributed by atoms with Gasteiger partial charge in [-0.2, -0.15) is 15.0 Å². The van der Waals surface area contributed by atoms with Crippen LogP contribution in [0.15, 0.2) is 11.4 Å². The van der Waals surface area contributed by atoms with E-state index in [9.17, 15) is 0 Å². The van der Waals surface area contributed by atoms with Gasteiger partial charge in [-0.1, -0.05) is 0 Å². The fourth-order valence-electron chi connectivity index (χ4n) is 1.26. The molecule has 2 heterocycles. The van der Waals surface area contributed by atoms with E-state index >= 15 is 0 Å². The summed E-state index contributed by atoms with van der Waals surface area (Å²) >= 11 is 1.70. The first kappa shape index (κ1) is 10.6. The molecule has 0 aromatic carbocycles. The van der Waals surface area contributed by atoms with Gasteiger partial charge in [-0.25, -0.2) is 0 Å². The van der Waals surface area contributed by atoms with Crippen molar-refractivity contribution in [1.29, 1.82) is 0 Å². The summed E-state index contributed by atoms with van der Waals surface area (Å²) in [5.74, 6) is 0.641. The van der Waals surface area contributed by atoms with E-state index < -0.39 is 0 Å². The first-order valence-corrected chi connectivity index (χ1v) is 5.56. The van der Waals surface area contributed by atoms with Crippen molar-refractivity contribution in [2.24, 2.45) is 0 Å². The van der Waals surface area contributed by atoms with Crippen LogP contribution < -0.4 is 16.8 Å². The highest BCUT2D eigenvalue weighted by atomic mass is 32.1. The molecule has 0 bridgehead atoms. The molecule has 0 spiro atoms. The summed E-state index contributed by atoms with van der Waals surface area (Å²) in [6, 6.07) is 2.10. The standard InChI is InChI=1S/C9H12N6S/c1-5-2-6(4-16-5)3-12-9-14-7(10)13-8(11)15-9/h2,4H,3H2,1H3,(H5,10,11,12,13,14,15). The molecule has 0 saturated heterocycles. The molecule has 0 aliphatic rings. The van der Waals surface area contributed by atoms with Gasteiger partial charge in [0.2, 0.25) is 17.8 Å². The second kappa shape index (κ2) is 4.31. The average molecular weight is 236 g/mol. The minimum Gasteiger partial charge on any atom is -0.368 e. The Bertz CT molecular complexity index is 474. The Morgan fingerprint density at radius 2 is 1.94 bits per heavy atom. The fraction of sp³-hybridized carbons (Fsp3) is 0.222. The summed E-state index contributed by atoms with van der Waals surface area (Å²) in [4.78, 5) is 12.8. The number of hydrogen-bond acceptors (Lipinski definition) is 7. The lowest BCUT2D eigenvalue weighted by Gasteiger charge is -2.03. The number of thiophene rings is 1. The molecule has 6 nitrogen and oxygen atoms in total. The quantitative estimate of drug-likeness (QED) is 0.735. The van der Waals surface area contributed by atoms with Gasteiger partial charge in [0.15, 0.2) is 0 Å². The van der Waals surface area contributed by atoms with Crippen molar-refractivity contribution in [2.45, 2.75) is 13.5 Å². The topological polar surface area (TPSA) is 103 Å². The second-order valence-electron chi connectivity index (χ2n) is 3.29. The van der Waals surface area contributed by atoms with E-state index in [1.54, 1.807) is 11.3 Å². The van der Waals surface area contributed by atoms with Crippen LogP contribution in [0.3, 0.4) is 0 Å². The smallest absolute Gasteiger partial charge is 0.229 e. The maximum atomic E-state index is 5.45. The van der Waals surface area contributed by atoms with Crippen LogP contribution in [0.1, 0.15) is 10.4 Å². The monoisotopic (exact) mass is 236 g/mol. The Hall–Kier alpha value is -1.89. The molecule has 0 amide bonds. The van der Waals surface area contributed by atoms with Gasteiger partial charge in [0.25, 0.3) is 0 Å². The van der Waals surface area contributed by atoms with E-state index in [0.717, 1.165) is 0 Å². The van der Waals surface area contributed by atoms with Crippen LogP contribution in [0.25, 0.3) is 0 Å². The number of rotatable bonds is 3. The SMILES string of the molecule is Cc1cc(CNc2nc(N)nc(N)n2)cs1. The van der Waals surface area contributed by atoms with Crippen molar-refractivity contribution >= 4 is 29.2 Å². The van der Waals surface area contributed by atoms with Crippen LogP contribution in [0.5, 0.6) is 0 Å². The molecular formula is C9H12N6S. The maximum absolute atomic E-state index is 5.45. The molecular weight excluding hydrogens is 224 g/mol. The van der Waals surface area contributed by atoms with Gasteiger partial charge in [0.1, 0.15) is 0 Å². The fourth-order valence-corrected chi connectivity index (χ4v) is 1.97. The van der Waals surface area contributed by atoms with Gasteiger partial charge in [0.05, 0.1) is 0 Å². The number of aryl methyl sites for hydroxylation is 1. The van der Waals surface area contributed by atoms with Crippen molar-refractivity contribution < 1.29 is 0 Å². The number of hydrogen-bond donors (Lipinski definition) is 3. The first-order chi connectivity index (χ1) is 7.63. The predicted molar refractivity (Wildman–Crippen MR) is 65.0 cm³/mol. The lowest BCUT2D eigenvalue weighted by molar-refractivity contribution is 1.02. The highest BCUT2D eigenvalue weighted by molar-refractivity contribution is 7.10. The second-order valence-corrected chi connectivity index (χ2v) is 4.41.